The van der Waals surface area contributed by atoms with Crippen LogP contribution in [0, 0.1) is 0 Å². The van der Waals surface area contributed by atoms with Crippen molar-refractivity contribution >= 4 is 32.9 Å². The van der Waals surface area contributed by atoms with Crippen LogP contribution in [0.5, 0.6) is 0 Å². The third-order valence-corrected chi connectivity index (χ3v) is 5.51. The molecule has 2 aromatic rings. The van der Waals surface area contributed by atoms with Gasteiger partial charge in [0.05, 0.1) is 38.2 Å². The fourth-order valence-corrected chi connectivity index (χ4v) is 3.77. The molecule has 0 aromatic carbocycles. The predicted octanol–water partition coefficient (Wildman–Crippen LogP) is 1.21. The lowest BCUT2D eigenvalue weighted by molar-refractivity contribution is -0.138. The standard InChI is InChI=1S/C19H19B2F3N6OS/c1-10(4-13(25)17(31)29-18(20,21)15-8-32-9-28-15)16(26)30-3-2-14-11(7-30)5-12(6-27-14)19(22,23)24/h4-6,8-9H,2-3,7,25-26H2,1H3,(H,29,31)/b13-4-,16-10+. The predicted molar refractivity (Wildman–Crippen MR) is 116 cm³/mol. The lowest BCUT2D eigenvalue weighted by Crippen LogP contribution is -2.48. The highest BCUT2D eigenvalue weighted by atomic mass is 32.1. The number of halogens is 3. The molecule has 1 amide bonds. The van der Waals surface area contributed by atoms with E-state index in [9.17, 15) is 18.0 Å². The number of hydrogen-bond acceptors (Lipinski definition) is 7. The molecule has 13 heteroatoms. The molecule has 0 atom stereocenters. The van der Waals surface area contributed by atoms with Crippen molar-refractivity contribution in [2.45, 2.75) is 31.4 Å². The molecule has 0 bridgehead atoms. The van der Waals surface area contributed by atoms with Crippen molar-refractivity contribution in [1.29, 1.82) is 0 Å². The average molecular weight is 458 g/mol. The Morgan fingerprint density at radius 1 is 1.31 bits per heavy atom. The summed E-state index contributed by atoms with van der Waals surface area (Å²) in [5, 5.41) is 2.28. The molecule has 3 rings (SSSR count). The van der Waals surface area contributed by atoms with E-state index in [4.69, 9.17) is 27.2 Å². The highest BCUT2D eigenvalue weighted by molar-refractivity contribution is 7.07. The van der Waals surface area contributed by atoms with Crippen LogP contribution in [0.3, 0.4) is 0 Å². The number of carbonyl (C=O) groups excluding carboxylic acids is 1. The zero-order valence-electron chi connectivity index (χ0n) is 17.1. The first-order valence-electron chi connectivity index (χ1n) is 9.41. The topological polar surface area (TPSA) is 110 Å². The Hall–Kier alpha value is -2.95. The molecule has 1 aliphatic heterocycles. The Morgan fingerprint density at radius 2 is 2.03 bits per heavy atom. The van der Waals surface area contributed by atoms with Gasteiger partial charge in [0.25, 0.3) is 5.91 Å². The molecular formula is C19H19B2F3N6OS. The summed E-state index contributed by atoms with van der Waals surface area (Å²) in [5.41, 5.74) is 14.3. The molecule has 0 aliphatic carbocycles. The largest absolute Gasteiger partial charge is 0.417 e. The molecule has 164 valence electrons. The van der Waals surface area contributed by atoms with E-state index >= 15 is 0 Å². The van der Waals surface area contributed by atoms with Crippen molar-refractivity contribution in [2.75, 3.05) is 6.54 Å². The zero-order chi connectivity index (χ0) is 23.7. The second-order valence-electron chi connectivity index (χ2n) is 7.36. The number of carbonyl (C=O) groups is 1. The van der Waals surface area contributed by atoms with Gasteiger partial charge in [-0.3, -0.25) is 9.78 Å². The Morgan fingerprint density at radius 3 is 2.66 bits per heavy atom. The molecular weight excluding hydrogens is 439 g/mol. The first kappa shape index (κ1) is 23.7. The molecule has 0 saturated carbocycles. The number of nitrogens with one attached hydrogen (secondary N) is 1. The van der Waals surface area contributed by atoms with Gasteiger partial charge in [-0.05, 0) is 30.2 Å². The first-order valence-corrected chi connectivity index (χ1v) is 10.3. The smallest absolute Gasteiger partial charge is 0.394 e. The molecule has 5 N–H and O–H groups in total. The van der Waals surface area contributed by atoms with Crippen molar-refractivity contribution in [3.8, 4) is 0 Å². The van der Waals surface area contributed by atoms with Gasteiger partial charge in [-0.15, -0.1) is 11.3 Å². The van der Waals surface area contributed by atoms with E-state index in [-0.39, 0.29) is 23.8 Å². The molecule has 3 heterocycles. The van der Waals surface area contributed by atoms with Crippen LogP contribution in [0.2, 0.25) is 0 Å². The van der Waals surface area contributed by atoms with Crippen LogP contribution in [-0.2, 0) is 29.3 Å². The van der Waals surface area contributed by atoms with Crippen LogP contribution >= 0.6 is 11.3 Å². The lowest BCUT2D eigenvalue weighted by Gasteiger charge is -2.31. The van der Waals surface area contributed by atoms with E-state index in [2.05, 4.69) is 15.3 Å². The van der Waals surface area contributed by atoms with Crippen LogP contribution in [0.1, 0.15) is 29.4 Å². The van der Waals surface area contributed by atoms with Crippen molar-refractivity contribution < 1.29 is 18.0 Å². The van der Waals surface area contributed by atoms with Gasteiger partial charge in [-0.1, -0.05) is 0 Å². The maximum atomic E-state index is 13.0. The minimum atomic E-state index is -4.48. The van der Waals surface area contributed by atoms with Gasteiger partial charge in [0.15, 0.2) is 0 Å². The summed E-state index contributed by atoms with van der Waals surface area (Å²) in [6, 6.07) is 1.08. The summed E-state index contributed by atoms with van der Waals surface area (Å²) in [7, 11) is 11.8. The second kappa shape index (κ2) is 8.89. The van der Waals surface area contributed by atoms with Gasteiger partial charge in [0.2, 0.25) is 0 Å². The van der Waals surface area contributed by atoms with Gasteiger partial charge < -0.3 is 21.7 Å². The third kappa shape index (κ3) is 5.26. The number of nitrogens with zero attached hydrogens (tertiary/aromatic N) is 3. The van der Waals surface area contributed by atoms with Crippen LogP contribution < -0.4 is 16.8 Å². The Balaban J connectivity index is 1.75. The molecule has 32 heavy (non-hydrogen) atoms. The van der Waals surface area contributed by atoms with E-state index < -0.39 is 23.0 Å². The SMILES string of the molecule is [B]C([B])(NC(=O)/C(N)=C/C(C)=C(\N)N1CCc2ncc(C(F)(F)F)cc2C1)c1cscn1. The maximum absolute atomic E-state index is 13.0. The van der Waals surface area contributed by atoms with E-state index in [0.29, 0.717) is 29.8 Å². The molecule has 7 nitrogen and oxygen atoms in total. The third-order valence-electron chi connectivity index (χ3n) is 4.92. The monoisotopic (exact) mass is 458 g/mol. The van der Waals surface area contributed by atoms with Gasteiger partial charge >= 0.3 is 6.18 Å². The highest BCUT2D eigenvalue weighted by Gasteiger charge is 2.32. The summed E-state index contributed by atoms with van der Waals surface area (Å²) >= 11 is 1.27. The summed E-state index contributed by atoms with van der Waals surface area (Å²) in [4.78, 5) is 22.0. The Labute approximate surface area is 189 Å². The first-order chi connectivity index (χ1) is 14.9. The van der Waals surface area contributed by atoms with Gasteiger partial charge in [0, 0.05) is 42.1 Å². The van der Waals surface area contributed by atoms with E-state index in [1.54, 1.807) is 17.2 Å². The average Bonchev–Trinajstić information content (AvgIpc) is 3.27. The molecule has 0 fully saturated rings. The molecule has 0 spiro atoms. The van der Waals surface area contributed by atoms with Crippen molar-refractivity contribution in [3.63, 3.8) is 0 Å². The molecule has 4 radical (unpaired) electrons. The molecule has 0 saturated heterocycles. The number of pyridine rings is 1. The fourth-order valence-electron chi connectivity index (χ4n) is 3.15. The van der Waals surface area contributed by atoms with Crippen molar-refractivity contribution in [1.82, 2.24) is 20.2 Å². The number of alkyl halides is 3. The van der Waals surface area contributed by atoms with Crippen molar-refractivity contribution in [2.24, 2.45) is 11.5 Å². The number of thiazole rings is 1. The lowest BCUT2D eigenvalue weighted by atomic mass is 9.60. The van der Waals surface area contributed by atoms with Crippen LogP contribution in [0.4, 0.5) is 13.2 Å². The molecule has 1 aliphatic rings. The van der Waals surface area contributed by atoms with Gasteiger partial charge in [0.1, 0.15) is 5.82 Å². The number of nitrogens with two attached hydrogens (primary N) is 2. The van der Waals surface area contributed by atoms with Crippen LogP contribution in [-0.4, -0.2) is 43.0 Å². The van der Waals surface area contributed by atoms with Crippen LogP contribution in [0.15, 0.2) is 46.3 Å². The van der Waals surface area contributed by atoms with E-state index in [0.717, 1.165) is 12.3 Å². The quantitative estimate of drug-likeness (QED) is 0.353. The summed E-state index contributed by atoms with van der Waals surface area (Å²) < 4.78 is 39.0. The number of aromatic nitrogens is 2. The number of allylic oxidation sites excluding steroid dienone is 2. The number of hydrogen-bond donors (Lipinski definition) is 3. The minimum Gasteiger partial charge on any atom is -0.394 e. The van der Waals surface area contributed by atoms with Gasteiger partial charge in [-0.2, -0.15) is 13.2 Å². The normalized spacial score (nSPS) is 15.8. The highest BCUT2D eigenvalue weighted by Crippen LogP contribution is 2.31. The molecule has 2 aromatic heterocycles. The fraction of sp³-hybridized carbons (Fsp3) is 0.316. The van der Waals surface area contributed by atoms with Crippen LogP contribution in [0.25, 0.3) is 0 Å². The Bertz CT molecular complexity index is 1070. The zero-order valence-corrected chi connectivity index (χ0v) is 17.9. The Kier molecular flexibility index (Phi) is 6.59. The number of amides is 1. The summed E-state index contributed by atoms with van der Waals surface area (Å²) in [5.74, 6) is -0.451. The number of rotatable bonds is 5. The summed E-state index contributed by atoms with van der Waals surface area (Å²) in [6.45, 7) is 2.23. The van der Waals surface area contributed by atoms with E-state index in [1.807, 2.05) is 0 Å². The second-order valence-corrected chi connectivity index (χ2v) is 8.08. The maximum Gasteiger partial charge on any atom is 0.417 e. The summed E-state index contributed by atoms with van der Waals surface area (Å²) in [6.07, 6.45) is -1.87. The van der Waals surface area contributed by atoms with E-state index in [1.165, 1.54) is 22.9 Å². The number of fused-ring (bicyclic) bond motifs is 1. The van der Waals surface area contributed by atoms with Crippen molar-refractivity contribution in [3.05, 3.63) is 68.8 Å². The molecule has 0 unspecified atom stereocenters. The minimum absolute atomic E-state index is 0.147. The van der Waals surface area contributed by atoms with Gasteiger partial charge in [-0.25, -0.2) is 4.98 Å².